The summed E-state index contributed by atoms with van der Waals surface area (Å²) in [6.45, 7) is 0.678. The molecule has 1 amide bonds. The fourth-order valence-electron chi connectivity index (χ4n) is 1.16. The fourth-order valence-corrected chi connectivity index (χ4v) is 1.33. The summed E-state index contributed by atoms with van der Waals surface area (Å²) in [7, 11) is 1.54. The van der Waals surface area contributed by atoms with Crippen molar-refractivity contribution in [1.29, 1.82) is 0 Å². The maximum Gasteiger partial charge on any atom is 0.250 e. The van der Waals surface area contributed by atoms with Gasteiger partial charge in [-0.1, -0.05) is 11.6 Å². The summed E-state index contributed by atoms with van der Waals surface area (Å²) in [6, 6.07) is 5.00. The Morgan fingerprint density at radius 2 is 2.29 bits per heavy atom. The van der Waals surface area contributed by atoms with Gasteiger partial charge in [-0.05, 0) is 12.1 Å². The lowest BCUT2D eigenvalue weighted by Gasteiger charge is -2.09. The third-order valence-electron chi connectivity index (χ3n) is 1.94. The molecule has 6 heteroatoms. The third-order valence-corrected chi connectivity index (χ3v) is 2.27. The van der Waals surface area contributed by atoms with Gasteiger partial charge in [0.25, 0.3) is 0 Å². The van der Waals surface area contributed by atoms with Gasteiger partial charge in [-0.25, -0.2) is 0 Å². The second kappa shape index (κ2) is 7.11. The second-order valence-electron chi connectivity index (χ2n) is 3.24. The number of halogens is 1. The van der Waals surface area contributed by atoms with Crippen LogP contribution in [0.1, 0.15) is 0 Å². The molecule has 17 heavy (non-hydrogen) atoms. The minimum absolute atomic E-state index is 0.0509. The van der Waals surface area contributed by atoms with Crippen LogP contribution in [0.4, 0.5) is 5.69 Å². The maximum atomic E-state index is 11.5. The number of benzene rings is 1. The molecule has 0 fully saturated rings. The van der Waals surface area contributed by atoms with Crippen molar-refractivity contribution in [2.75, 3.05) is 32.2 Å². The monoisotopic (exact) mass is 258 g/mol. The van der Waals surface area contributed by atoms with Crippen LogP contribution in [0.5, 0.6) is 5.75 Å². The van der Waals surface area contributed by atoms with E-state index in [1.165, 1.54) is 0 Å². The summed E-state index contributed by atoms with van der Waals surface area (Å²) >= 11 is 5.93. The number of hydrogen-bond donors (Lipinski definition) is 2. The Morgan fingerprint density at radius 1 is 1.53 bits per heavy atom. The molecule has 0 aliphatic rings. The van der Waals surface area contributed by atoms with Crippen molar-refractivity contribution in [2.45, 2.75) is 0 Å². The quantitative estimate of drug-likeness (QED) is 0.754. The highest BCUT2D eigenvalue weighted by Gasteiger charge is 2.07. The van der Waals surface area contributed by atoms with Gasteiger partial charge in [0.15, 0.2) is 0 Å². The smallest absolute Gasteiger partial charge is 0.250 e. The zero-order valence-electron chi connectivity index (χ0n) is 9.53. The standard InChI is InChI=1S/C11H15ClN2O3/c1-16-8-2-3-9(12)10(6-8)14-11(15)7-17-5-4-13/h2-3,6H,4-5,7,13H2,1H3,(H,14,15). The van der Waals surface area contributed by atoms with Crippen LogP contribution < -0.4 is 15.8 Å². The number of amides is 1. The first-order chi connectivity index (χ1) is 8.17. The molecule has 0 aliphatic heterocycles. The third kappa shape index (κ3) is 4.60. The van der Waals surface area contributed by atoms with Crippen LogP contribution in [0.25, 0.3) is 0 Å². The van der Waals surface area contributed by atoms with Gasteiger partial charge in [0.05, 0.1) is 24.4 Å². The number of carbonyl (C=O) groups excluding carboxylic acids is 1. The van der Waals surface area contributed by atoms with E-state index in [2.05, 4.69) is 5.32 Å². The van der Waals surface area contributed by atoms with Crippen molar-refractivity contribution in [3.63, 3.8) is 0 Å². The van der Waals surface area contributed by atoms with E-state index in [4.69, 9.17) is 26.8 Å². The van der Waals surface area contributed by atoms with Crippen LogP contribution in [-0.4, -0.2) is 32.8 Å². The molecule has 0 saturated carbocycles. The molecule has 5 nitrogen and oxygen atoms in total. The lowest BCUT2D eigenvalue weighted by Crippen LogP contribution is -2.20. The van der Waals surface area contributed by atoms with E-state index in [1.54, 1.807) is 25.3 Å². The summed E-state index contributed by atoms with van der Waals surface area (Å²) in [5.41, 5.74) is 5.73. The molecular formula is C11H15ClN2O3. The Balaban J connectivity index is 2.57. The van der Waals surface area contributed by atoms with E-state index in [-0.39, 0.29) is 12.5 Å². The number of rotatable bonds is 6. The van der Waals surface area contributed by atoms with E-state index in [0.717, 1.165) is 0 Å². The largest absolute Gasteiger partial charge is 0.497 e. The van der Waals surface area contributed by atoms with Gasteiger partial charge in [-0.15, -0.1) is 0 Å². The van der Waals surface area contributed by atoms with Crippen molar-refractivity contribution in [2.24, 2.45) is 5.73 Å². The number of ether oxygens (including phenoxy) is 2. The van der Waals surface area contributed by atoms with E-state index in [0.29, 0.717) is 29.6 Å². The van der Waals surface area contributed by atoms with Gasteiger partial charge in [-0.3, -0.25) is 4.79 Å². The highest BCUT2D eigenvalue weighted by Crippen LogP contribution is 2.26. The lowest BCUT2D eigenvalue weighted by molar-refractivity contribution is -0.120. The summed E-state index contributed by atoms with van der Waals surface area (Å²) in [5.74, 6) is 0.334. The molecular weight excluding hydrogens is 244 g/mol. The van der Waals surface area contributed by atoms with Gasteiger partial charge in [0, 0.05) is 12.6 Å². The Labute approximate surface area is 105 Å². The average molecular weight is 259 g/mol. The van der Waals surface area contributed by atoms with Crippen LogP contribution >= 0.6 is 11.6 Å². The first-order valence-electron chi connectivity index (χ1n) is 5.08. The van der Waals surface area contributed by atoms with Crippen molar-refractivity contribution in [3.8, 4) is 5.75 Å². The van der Waals surface area contributed by atoms with E-state index in [9.17, 15) is 4.79 Å². The lowest BCUT2D eigenvalue weighted by atomic mass is 10.3. The molecule has 0 atom stereocenters. The molecule has 0 heterocycles. The zero-order chi connectivity index (χ0) is 12.7. The number of hydrogen-bond acceptors (Lipinski definition) is 4. The van der Waals surface area contributed by atoms with Crippen LogP contribution in [0, 0.1) is 0 Å². The van der Waals surface area contributed by atoms with E-state index < -0.39 is 0 Å². The molecule has 0 bridgehead atoms. The predicted molar refractivity (Wildman–Crippen MR) is 66.5 cm³/mol. The molecule has 1 rings (SSSR count). The van der Waals surface area contributed by atoms with Crippen molar-refractivity contribution >= 4 is 23.2 Å². The summed E-state index contributed by atoms with van der Waals surface area (Å²) < 4.78 is 10.0. The van der Waals surface area contributed by atoms with Crippen LogP contribution in [0.2, 0.25) is 5.02 Å². The minimum Gasteiger partial charge on any atom is -0.497 e. The molecule has 1 aromatic rings. The molecule has 0 radical (unpaired) electrons. The molecule has 0 unspecified atom stereocenters. The molecule has 3 N–H and O–H groups in total. The summed E-state index contributed by atoms with van der Waals surface area (Å²) in [6.07, 6.45) is 0. The van der Waals surface area contributed by atoms with E-state index >= 15 is 0 Å². The molecule has 0 spiro atoms. The average Bonchev–Trinajstić information content (AvgIpc) is 2.32. The number of methoxy groups -OCH3 is 1. The van der Waals surface area contributed by atoms with Gasteiger partial charge < -0.3 is 20.5 Å². The van der Waals surface area contributed by atoms with E-state index in [1.807, 2.05) is 0 Å². The number of nitrogens with one attached hydrogen (secondary N) is 1. The Kier molecular flexibility index (Phi) is 5.76. The van der Waals surface area contributed by atoms with Crippen LogP contribution in [0.3, 0.4) is 0 Å². The van der Waals surface area contributed by atoms with Gasteiger partial charge >= 0.3 is 0 Å². The summed E-state index contributed by atoms with van der Waals surface area (Å²) in [4.78, 5) is 11.5. The van der Waals surface area contributed by atoms with Gasteiger partial charge in [-0.2, -0.15) is 0 Å². The highest BCUT2D eigenvalue weighted by atomic mass is 35.5. The minimum atomic E-state index is -0.284. The maximum absolute atomic E-state index is 11.5. The Morgan fingerprint density at radius 3 is 2.94 bits per heavy atom. The Hall–Kier alpha value is -1.30. The van der Waals surface area contributed by atoms with Gasteiger partial charge in [0.1, 0.15) is 12.4 Å². The normalized spacial score (nSPS) is 10.1. The fraction of sp³-hybridized carbons (Fsp3) is 0.364. The molecule has 0 aromatic heterocycles. The number of anilines is 1. The highest BCUT2D eigenvalue weighted by molar-refractivity contribution is 6.33. The van der Waals surface area contributed by atoms with Crippen LogP contribution in [0.15, 0.2) is 18.2 Å². The molecule has 0 saturated heterocycles. The second-order valence-corrected chi connectivity index (χ2v) is 3.64. The Bertz CT molecular complexity index is 385. The SMILES string of the molecule is COc1ccc(Cl)c(NC(=O)COCCN)c1. The topological polar surface area (TPSA) is 73.6 Å². The zero-order valence-corrected chi connectivity index (χ0v) is 10.3. The predicted octanol–water partition coefficient (Wildman–Crippen LogP) is 1.26. The number of nitrogens with two attached hydrogens (primary N) is 1. The molecule has 1 aromatic carbocycles. The molecule has 0 aliphatic carbocycles. The molecule has 94 valence electrons. The van der Waals surface area contributed by atoms with Crippen LogP contribution in [-0.2, 0) is 9.53 Å². The van der Waals surface area contributed by atoms with Crippen molar-refractivity contribution < 1.29 is 14.3 Å². The summed E-state index contributed by atoms with van der Waals surface area (Å²) in [5, 5.41) is 3.07. The first kappa shape index (κ1) is 13.8. The number of carbonyl (C=O) groups is 1. The van der Waals surface area contributed by atoms with Crippen molar-refractivity contribution in [1.82, 2.24) is 0 Å². The van der Waals surface area contributed by atoms with Crippen molar-refractivity contribution in [3.05, 3.63) is 23.2 Å². The first-order valence-corrected chi connectivity index (χ1v) is 5.46. The van der Waals surface area contributed by atoms with Gasteiger partial charge in [0.2, 0.25) is 5.91 Å².